The molecule has 5 rings (SSSR count). The van der Waals surface area contributed by atoms with Gasteiger partial charge in [-0.2, -0.15) is 0 Å². The Hall–Kier alpha value is -3.57. The van der Waals surface area contributed by atoms with Gasteiger partial charge >= 0.3 is 0 Å². The number of aryl methyl sites for hydroxylation is 2. The number of fused-ring (bicyclic) bond motifs is 2. The molecule has 0 aliphatic carbocycles. The first-order chi connectivity index (χ1) is 16.4. The zero-order valence-corrected chi connectivity index (χ0v) is 18.7. The van der Waals surface area contributed by atoms with Crippen LogP contribution >= 0.6 is 0 Å². The molecule has 0 saturated heterocycles. The van der Waals surface area contributed by atoms with Crippen molar-refractivity contribution in [1.82, 2.24) is 10.3 Å². The van der Waals surface area contributed by atoms with Crippen LogP contribution in [-0.2, 0) is 19.4 Å². The highest BCUT2D eigenvalue weighted by Gasteiger charge is 2.16. The summed E-state index contributed by atoms with van der Waals surface area (Å²) >= 11 is 0. The van der Waals surface area contributed by atoms with E-state index in [1.807, 2.05) is 18.3 Å². The summed E-state index contributed by atoms with van der Waals surface area (Å²) in [5.74, 6) is 1.71. The van der Waals surface area contributed by atoms with Crippen molar-refractivity contribution in [2.75, 3.05) is 25.2 Å². The average molecular weight is 440 g/mol. The van der Waals surface area contributed by atoms with E-state index >= 15 is 0 Å². The van der Waals surface area contributed by atoms with Crippen LogP contribution in [0.5, 0.6) is 11.5 Å². The monoisotopic (exact) mass is 439 g/mol. The van der Waals surface area contributed by atoms with Gasteiger partial charge in [0.15, 0.2) is 11.5 Å². The maximum atomic E-state index is 5.57. The van der Waals surface area contributed by atoms with Crippen LogP contribution in [-0.4, -0.2) is 24.9 Å². The van der Waals surface area contributed by atoms with Gasteiger partial charge in [-0.05, 0) is 55.1 Å². The second-order valence-electron chi connectivity index (χ2n) is 8.30. The lowest BCUT2D eigenvalue weighted by Crippen LogP contribution is -2.18. The average Bonchev–Trinajstić information content (AvgIpc) is 3.35. The molecule has 0 unspecified atom stereocenters. The van der Waals surface area contributed by atoms with Crippen LogP contribution < -0.4 is 20.1 Å². The molecule has 3 aromatic carbocycles. The van der Waals surface area contributed by atoms with Crippen molar-refractivity contribution in [3.05, 3.63) is 95.7 Å². The second kappa shape index (κ2) is 10.4. The van der Waals surface area contributed by atoms with Crippen molar-refractivity contribution in [2.24, 2.45) is 0 Å². The van der Waals surface area contributed by atoms with Gasteiger partial charge in [0.2, 0.25) is 6.79 Å². The smallest absolute Gasteiger partial charge is 0.231 e. The predicted octanol–water partition coefficient (Wildman–Crippen LogP) is 5.34. The number of nitrogens with one attached hydrogen (secondary N) is 2. The van der Waals surface area contributed by atoms with Gasteiger partial charge in [0, 0.05) is 35.9 Å². The van der Waals surface area contributed by atoms with E-state index in [9.17, 15) is 0 Å². The van der Waals surface area contributed by atoms with E-state index in [0.717, 1.165) is 67.2 Å². The lowest BCUT2D eigenvalue weighted by molar-refractivity contribution is 0.173. The van der Waals surface area contributed by atoms with Gasteiger partial charge < -0.3 is 20.1 Å². The van der Waals surface area contributed by atoms with E-state index in [4.69, 9.17) is 9.47 Å². The van der Waals surface area contributed by atoms with E-state index in [1.54, 1.807) is 0 Å². The minimum absolute atomic E-state index is 0.310. The molecule has 5 nitrogen and oxygen atoms in total. The highest BCUT2D eigenvalue weighted by atomic mass is 16.7. The van der Waals surface area contributed by atoms with E-state index in [0.29, 0.717) is 6.79 Å². The van der Waals surface area contributed by atoms with Gasteiger partial charge in [-0.1, -0.05) is 54.6 Å². The number of para-hydroxylation sites is 1. The summed E-state index contributed by atoms with van der Waals surface area (Å²) < 4.78 is 11.0. The van der Waals surface area contributed by atoms with Gasteiger partial charge in [0.05, 0.1) is 5.52 Å². The summed E-state index contributed by atoms with van der Waals surface area (Å²) in [6.07, 6.45) is 4.97. The van der Waals surface area contributed by atoms with E-state index in [1.165, 1.54) is 16.5 Å². The second-order valence-corrected chi connectivity index (χ2v) is 8.30. The number of aromatic nitrogens is 1. The van der Waals surface area contributed by atoms with Crippen LogP contribution in [0.15, 0.2) is 79.0 Å². The molecule has 2 heterocycles. The van der Waals surface area contributed by atoms with Gasteiger partial charge in [0.1, 0.15) is 0 Å². The molecular formula is C28H29N3O2. The maximum Gasteiger partial charge on any atom is 0.231 e. The molecule has 1 aliphatic rings. The Labute approximate surface area is 194 Å². The zero-order chi connectivity index (χ0) is 22.3. The van der Waals surface area contributed by atoms with E-state index in [2.05, 4.69) is 76.3 Å². The molecule has 1 aromatic heterocycles. The van der Waals surface area contributed by atoms with Gasteiger partial charge in [-0.15, -0.1) is 0 Å². The third-order valence-corrected chi connectivity index (χ3v) is 5.99. The first kappa shape index (κ1) is 21.3. The van der Waals surface area contributed by atoms with Crippen LogP contribution in [0.3, 0.4) is 0 Å². The Morgan fingerprint density at radius 3 is 2.67 bits per heavy atom. The SMILES string of the molecule is c1ccc(CCc2ccc3c(NCCCNCc4cccc5c4OCO5)ccnc3c2)cc1. The van der Waals surface area contributed by atoms with Crippen molar-refractivity contribution in [2.45, 2.75) is 25.8 Å². The third-order valence-electron chi connectivity index (χ3n) is 5.99. The van der Waals surface area contributed by atoms with Crippen molar-refractivity contribution < 1.29 is 9.47 Å². The van der Waals surface area contributed by atoms with Crippen LogP contribution in [0.4, 0.5) is 5.69 Å². The Bertz CT molecular complexity index is 1210. The number of rotatable bonds is 10. The number of ether oxygens (including phenoxy) is 2. The first-order valence-corrected chi connectivity index (χ1v) is 11.6. The van der Waals surface area contributed by atoms with Crippen molar-refractivity contribution in [1.29, 1.82) is 0 Å². The summed E-state index contributed by atoms with van der Waals surface area (Å²) in [7, 11) is 0. The molecule has 0 saturated carbocycles. The quantitative estimate of drug-likeness (QED) is 0.327. The lowest BCUT2D eigenvalue weighted by atomic mass is 10.0. The first-order valence-electron chi connectivity index (χ1n) is 11.6. The summed E-state index contributed by atoms with van der Waals surface area (Å²) in [5, 5.41) is 8.25. The molecule has 5 heteroatoms. The highest BCUT2D eigenvalue weighted by Crippen LogP contribution is 2.35. The molecular weight excluding hydrogens is 410 g/mol. The molecule has 0 spiro atoms. The summed E-state index contributed by atoms with van der Waals surface area (Å²) in [5.41, 5.74) is 6.01. The van der Waals surface area contributed by atoms with Gasteiger partial charge in [0.25, 0.3) is 0 Å². The molecule has 168 valence electrons. The topological polar surface area (TPSA) is 55.4 Å². The molecule has 2 N–H and O–H groups in total. The minimum atomic E-state index is 0.310. The van der Waals surface area contributed by atoms with Crippen molar-refractivity contribution in [3.8, 4) is 11.5 Å². The third kappa shape index (κ3) is 5.26. The number of hydrogen-bond acceptors (Lipinski definition) is 5. The molecule has 33 heavy (non-hydrogen) atoms. The fraction of sp³-hybridized carbons (Fsp3) is 0.250. The van der Waals surface area contributed by atoms with Crippen molar-refractivity contribution in [3.63, 3.8) is 0 Å². The van der Waals surface area contributed by atoms with E-state index < -0.39 is 0 Å². The molecule has 0 fully saturated rings. The standard InChI is InChI=1S/C28H29N3O2/c1-2-6-21(7-3-1)10-11-22-12-13-24-25(14-17-31-26(24)18-22)30-16-5-15-29-19-23-8-4-9-27-28(23)33-20-32-27/h1-4,6-9,12-14,17-18,29H,5,10-11,15-16,19-20H2,(H,30,31). The maximum absolute atomic E-state index is 5.57. The number of pyridine rings is 1. The fourth-order valence-corrected chi connectivity index (χ4v) is 4.23. The number of hydrogen-bond donors (Lipinski definition) is 2. The Morgan fingerprint density at radius 1 is 0.818 bits per heavy atom. The molecule has 0 radical (unpaired) electrons. The Balaban J connectivity index is 1.11. The van der Waals surface area contributed by atoms with Gasteiger partial charge in [-0.3, -0.25) is 4.98 Å². The largest absolute Gasteiger partial charge is 0.454 e. The van der Waals surface area contributed by atoms with Crippen LogP contribution in [0.2, 0.25) is 0 Å². The predicted molar refractivity (Wildman–Crippen MR) is 133 cm³/mol. The summed E-state index contributed by atoms with van der Waals surface area (Å²) in [4.78, 5) is 4.60. The number of benzene rings is 3. The van der Waals surface area contributed by atoms with Gasteiger partial charge in [-0.25, -0.2) is 0 Å². The molecule has 0 bridgehead atoms. The lowest BCUT2D eigenvalue weighted by Gasteiger charge is -2.11. The van der Waals surface area contributed by atoms with Crippen molar-refractivity contribution >= 4 is 16.6 Å². The Kier molecular flexibility index (Phi) is 6.68. The molecule has 0 amide bonds. The highest BCUT2D eigenvalue weighted by molar-refractivity contribution is 5.91. The molecule has 4 aromatic rings. The van der Waals surface area contributed by atoms with Crippen LogP contribution in [0.25, 0.3) is 10.9 Å². The normalized spacial score (nSPS) is 12.2. The molecule has 1 aliphatic heterocycles. The number of anilines is 1. The summed E-state index contributed by atoms with van der Waals surface area (Å²) in [6.45, 7) is 2.90. The van der Waals surface area contributed by atoms with E-state index in [-0.39, 0.29) is 0 Å². The zero-order valence-electron chi connectivity index (χ0n) is 18.7. The number of nitrogens with zero attached hydrogens (tertiary/aromatic N) is 1. The minimum Gasteiger partial charge on any atom is -0.454 e. The fourth-order valence-electron chi connectivity index (χ4n) is 4.23. The molecule has 0 atom stereocenters. The Morgan fingerprint density at radius 2 is 1.73 bits per heavy atom. The van der Waals surface area contributed by atoms with Crippen LogP contribution in [0, 0.1) is 0 Å². The van der Waals surface area contributed by atoms with Crippen LogP contribution in [0.1, 0.15) is 23.1 Å². The summed E-state index contributed by atoms with van der Waals surface area (Å²) in [6, 6.07) is 25.4.